The number of carbonyl (C=O) groups excluding carboxylic acids is 2. The lowest BCUT2D eigenvalue weighted by Crippen LogP contribution is -2.31. The topological polar surface area (TPSA) is 90.3 Å². The number of amides is 1. The zero-order valence-electron chi connectivity index (χ0n) is 14.0. The number of fused-ring (bicyclic) bond motifs is 1. The highest BCUT2D eigenvalue weighted by molar-refractivity contribution is 7.99. The van der Waals surface area contributed by atoms with Crippen molar-refractivity contribution in [1.29, 1.82) is 0 Å². The smallest absolute Gasteiger partial charge is 0.325 e. The molecule has 0 saturated heterocycles. The second-order valence-corrected chi connectivity index (χ2v) is 7.19. The Morgan fingerprint density at radius 1 is 1.38 bits per heavy atom. The van der Waals surface area contributed by atoms with Crippen molar-refractivity contribution in [3.05, 3.63) is 20.8 Å². The van der Waals surface area contributed by atoms with Crippen molar-refractivity contribution in [2.75, 3.05) is 19.4 Å². The number of thioether (sulfide) groups is 1. The molecular formula is C15H19N3O4S2. The van der Waals surface area contributed by atoms with E-state index in [1.807, 2.05) is 20.8 Å². The molecule has 1 amide bonds. The van der Waals surface area contributed by atoms with E-state index in [0.29, 0.717) is 21.9 Å². The molecule has 0 spiro atoms. The van der Waals surface area contributed by atoms with Crippen LogP contribution in [0, 0.1) is 13.8 Å². The van der Waals surface area contributed by atoms with Crippen molar-refractivity contribution >= 4 is 45.2 Å². The van der Waals surface area contributed by atoms with Crippen molar-refractivity contribution in [3.8, 4) is 0 Å². The summed E-state index contributed by atoms with van der Waals surface area (Å²) in [6, 6.07) is 0. The van der Waals surface area contributed by atoms with E-state index in [-0.39, 0.29) is 23.8 Å². The number of hydrogen-bond donors (Lipinski definition) is 1. The summed E-state index contributed by atoms with van der Waals surface area (Å²) in [5, 5.41) is 3.62. The van der Waals surface area contributed by atoms with Gasteiger partial charge in [-0.25, -0.2) is 4.98 Å². The minimum Gasteiger partial charge on any atom is -0.468 e. The molecule has 130 valence electrons. The van der Waals surface area contributed by atoms with Crippen molar-refractivity contribution in [2.24, 2.45) is 0 Å². The van der Waals surface area contributed by atoms with E-state index in [1.165, 1.54) is 30.2 Å². The molecule has 24 heavy (non-hydrogen) atoms. The third-order valence-corrected chi connectivity index (χ3v) is 5.64. The SMILES string of the molecule is CCn1c(SCC(=O)NCC(=O)OC)nc2sc(C)c(C)c2c1=O. The molecule has 1 N–H and O–H groups in total. The number of nitrogens with one attached hydrogen (secondary N) is 1. The first-order valence-corrected chi connectivity index (χ1v) is 9.16. The summed E-state index contributed by atoms with van der Waals surface area (Å²) in [5.41, 5.74) is 0.879. The van der Waals surface area contributed by atoms with Gasteiger partial charge in [0.2, 0.25) is 5.91 Å². The van der Waals surface area contributed by atoms with Gasteiger partial charge in [-0.2, -0.15) is 0 Å². The number of ether oxygens (including phenoxy) is 1. The highest BCUT2D eigenvalue weighted by Crippen LogP contribution is 2.28. The monoisotopic (exact) mass is 369 g/mol. The van der Waals surface area contributed by atoms with Crippen LogP contribution in [-0.2, 0) is 20.9 Å². The number of carbonyl (C=O) groups is 2. The Morgan fingerprint density at radius 2 is 2.08 bits per heavy atom. The first kappa shape index (κ1) is 18.5. The van der Waals surface area contributed by atoms with E-state index in [0.717, 1.165) is 10.4 Å². The van der Waals surface area contributed by atoms with Crippen molar-refractivity contribution < 1.29 is 14.3 Å². The van der Waals surface area contributed by atoms with Gasteiger partial charge in [0.1, 0.15) is 11.4 Å². The molecule has 2 aromatic rings. The molecule has 2 rings (SSSR count). The maximum atomic E-state index is 12.7. The zero-order valence-corrected chi connectivity index (χ0v) is 15.6. The second kappa shape index (κ2) is 7.80. The van der Waals surface area contributed by atoms with Crippen LogP contribution in [0.5, 0.6) is 0 Å². The van der Waals surface area contributed by atoms with E-state index in [4.69, 9.17) is 0 Å². The predicted molar refractivity (Wildman–Crippen MR) is 94.8 cm³/mol. The minimum absolute atomic E-state index is 0.0677. The summed E-state index contributed by atoms with van der Waals surface area (Å²) in [4.78, 5) is 41.8. The lowest BCUT2D eigenvalue weighted by Gasteiger charge is -2.10. The van der Waals surface area contributed by atoms with Gasteiger partial charge < -0.3 is 10.1 Å². The average Bonchev–Trinajstić information content (AvgIpc) is 2.85. The van der Waals surface area contributed by atoms with Gasteiger partial charge in [-0.3, -0.25) is 19.0 Å². The Hall–Kier alpha value is -1.87. The molecule has 0 aliphatic rings. The molecule has 7 nitrogen and oxygen atoms in total. The highest BCUT2D eigenvalue weighted by atomic mass is 32.2. The van der Waals surface area contributed by atoms with Crippen LogP contribution in [0.2, 0.25) is 0 Å². The van der Waals surface area contributed by atoms with E-state index in [2.05, 4.69) is 15.0 Å². The first-order valence-electron chi connectivity index (χ1n) is 7.35. The Kier molecular flexibility index (Phi) is 6.00. The van der Waals surface area contributed by atoms with E-state index in [1.54, 1.807) is 4.57 Å². The minimum atomic E-state index is -0.511. The van der Waals surface area contributed by atoms with Crippen LogP contribution in [0.1, 0.15) is 17.4 Å². The molecule has 2 aromatic heterocycles. The van der Waals surface area contributed by atoms with Gasteiger partial charge in [0, 0.05) is 11.4 Å². The fourth-order valence-electron chi connectivity index (χ4n) is 2.12. The summed E-state index contributed by atoms with van der Waals surface area (Å²) >= 11 is 2.66. The molecule has 9 heteroatoms. The van der Waals surface area contributed by atoms with Crippen LogP contribution in [0.25, 0.3) is 10.2 Å². The average molecular weight is 369 g/mol. The van der Waals surface area contributed by atoms with Crippen LogP contribution in [0.3, 0.4) is 0 Å². The molecule has 0 aliphatic heterocycles. The number of aromatic nitrogens is 2. The van der Waals surface area contributed by atoms with Crippen molar-refractivity contribution in [1.82, 2.24) is 14.9 Å². The van der Waals surface area contributed by atoms with Gasteiger partial charge >= 0.3 is 5.97 Å². The van der Waals surface area contributed by atoms with E-state index < -0.39 is 5.97 Å². The van der Waals surface area contributed by atoms with Gasteiger partial charge in [0.15, 0.2) is 5.16 Å². The summed E-state index contributed by atoms with van der Waals surface area (Å²) in [6.07, 6.45) is 0. The van der Waals surface area contributed by atoms with Gasteiger partial charge in [-0.1, -0.05) is 11.8 Å². The largest absolute Gasteiger partial charge is 0.468 e. The fourth-order valence-corrected chi connectivity index (χ4v) is 4.09. The standard InChI is InChI=1S/C15H19N3O4S2/c1-5-18-14(21)12-8(2)9(3)24-13(12)17-15(18)23-7-10(19)16-6-11(20)22-4/h5-7H2,1-4H3,(H,16,19). The molecular weight excluding hydrogens is 350 g/mol. The quantitative estimate of drug-likeness (QED) is 0.471. The predicted octanol–water partition coefficient (Wildman–Crippen LogP) is 1.48. The Labute approximate surface area is 147 Å². The molecule has 0 saturated carbocycles. The summed E-state index contributed by atoms with van der Waals surface area (Å²) in [5.74, 6) is -0.762. The van der Waals surface area contributed by atoms with Crippen LogP contribution < -0.4 is 10.9 Å². The molecule has 0 aliphatic carbocycles. The fraction of sp³-hybridized carbons (Fsp3) is 0.467. The number of hydrogen-bond acceptors (Lipinski definition) is 7. The third kappa shape index (κ3) is 3.78. The highest BCUT2D eigenvalue weighted by Gasteiger charge is 2.17. The molecule has 0 atom stereocenters. The molecule has 0 radical (unpaired) electrons. The number of aryl methyl sites for hydroxylation is 2. The Morgan fingerprint density at radius 3 is 2.71 bits per heavy atom. The van der Waals surface area contributed by atoms with Crippen molar-refractivity contribution in [2.45, 2.75) is 32.5 Å². The third-order valence-electron chi connectivity index (χ3n) is 3.56. The number of methoxy groups -OCH3 is 1. The maximum absolute atomic E-state index is 12.7. The number of nitrogens with zero attached hydrogens (tertiary/aromatic N) is 2. The van der Waals surface area contributed by atoms with Crippen LogP contribution >= 0.6 is 23.1 Å². The molecule has 0 fully saturated rings. The molecule has 2 heterocycles. The number of thiophene rings is 1. The van der Waals surface area contributed by atoms with Crippen LogP contribution in [0.4, 0.5) is 0 Å². The van der Waals surface area contributed by atoms with Gasteiger partial charge in [0.25, 0.3) is 5.56 Å². The van der Waals surface area contributed by atoms with Gasteiger partial charge in [0.05, 0.1) is 18.2 Å². The Balaban J connectivity index is 2.21. The number of rotatable bonds is 6. The van der Waals surface area contributed by atoms with Gasteiger partial charge in [-0.05, 0) is 26.3 Å². The normalized spacial score (nSPS) is 10.8. The second-order valence-electron chi connectivity index (χ2n) is 5.05. The van der Waals surface area contributed by atoms with Crippen LogP contribution in [0.15, 0.2) is 9.95 Å². The van der Waals surface area contributed by atoms with Crippen molar-refractivity contribution in [3.63, 3.8) is 0 Å². The van der Waals surface area contributed by atoms with E-state index >= 15 is 0 Å². The summed E-state index contributed by atoms with van der Waals surface area (Å²) in [7, 11) is 1.26. The van der Waals surface area contributed by atoms with Crippen LogP contribution in [-0.4, -0.2) is 40.8 Å². The Bertz CT molecular complexity index is 841. The lowest BCUT2D eigenvalue weighted by molar-refractivity contribution is -0.140. The van der Waals surface area contributed by atoms with E-state index in [9.17, 15) is 14.4 Å². The molecule has 0 unspecified atom stereocenters. The maximum Gasteiger partial charge on any atom is 0.325 e. The molecule has 0 aromatic carbocycles. The van der Waals surface area contributed by atoms with Gasteiger partial charge in [-0.15, -0.1) is 11.3 Å². The summed E-state index contributed by atoms with van der Waals surface area (Å²) < 4.78 is 6.03. The lowest BCUT2D eigenvalue weighted by atomic mass is 10.2. The number of esters is 1. The first-order chi connectivity index (χ1) is 11.4. The molecule has 0 bridgehead atoms. The zero-order chi connectivity index (χ0) is 17.9. The summed E-state index contributed by atoms with van der Waals surface area (Å²) in [6.45, 7) is 6.05.